The van der Waals surface area contributed by atoms with E-state index in [1.165, 1.54) is 36.0 Å². The van der Waals surface area contributed by atoms with Crippen molar-refractivity contribution in [3.05, 3.63) is 60.2 Å². The summed E-state index contributed by atoms with van der Waals surface area (Å²) in [5, 5.41) is 0. The minimum atomic E-state index is -0.392. The average molecular weight is 364 g/mol. The first-order chi connectivity index (χ1) is 12.1. The monoisotopic (exact) mass is 363 g/mol. The smallest absolute Gasteiger partial charge is 0.104 e. The van der Waals surface area contributed by atoms with Gasteiger partial charge in [0.05, 0.1) is 0 Å². The molecule has 2 aromatic rings. The number of nitrogens with two attached hydrogens (primary N) is 1. The van der Waals surface area contributed by atoms with E-state index in [4.69, 9.17) is 5.73 Å². The Kier molecular flexibility index (Phi) is 15.3. The molecule has 1 unspecified atom stereocenters. The van der Waals surface area contributed by atoms with Crippen molar-refractivity contribution in [3.8, 4) is 11.1 Å². The van der Waals surface area contributed by atoms with E-state index in [1.54, 1.807) is 11.8 Å². The summed E-state index contributed by atoms with van der Waals surface area (Å²) in [6.07, 6.45) is 8.56. The summed E-state index contributed by atoms with van der Waals surface area (Å²) >= 11 is 1.75. The average Bonchev–Trinajstić information content (AvgIpc) is 2.68. The van der Waals surface area contributed by atoms with Crippen LogP contribution in [0, 0.1) is 0 Å². The molecule has 0 aliphatic rings. The lowest BCUT2D eigenvalue weighted by Crippen LogP contribution is -2.20. The van der Waals surface area contributed by atoms with Crippen molar-refractivity contribution in [2.75, 3.05) is 19.2 Å². The lowest BCUT2D eigenvalue weighted by Gasteiger charge is -2.03. The van der Waals surface area contributed by atoms with Gasteiger partial charge >= 0.3 is 0 Å². The van der Waals surface area contributed by atoms with E-state index in [9.17, 15) is 4.39 Å². The number of thioether (sulfide) groups is 1. The van der Waals surface area contributed by atoms with Crippen LogP contribution in [0.4, 0.5) is 4.39 Å². The second kappa shape index (κ2) is 16.2. The van der Waals surface area contributed by atoms with Crippen LogP contribution in [0.3, 0.4) is 0 Å². The Morgan fingerprint density at radius 3 is 1.84 bits per heavy atom. The molecule has 2 rings (SSSR count). The van der Waals surface area contributed by atoms with Crippen molar-refractivity contribution in [3.63, 3.8) is 0 Å². The first-order valence-electron chi connectivity index (χ1n) is 8.98. The van der Waals surface area contributed by atoms with Gasteiger partial charge < -0.3 is 5.73 Å². The van der Waals surface area contributed by atoms with Crippen LogP contribution in [0.2, 0.25) is 0 Å². The zero-order chi connectivity index (χ0) is 18.9. The lowest BCUT2D eigenvalue weighted by atomic mass is 10.0. The van der Waals surface area contributed by atoms with E-state index in [2.05, 4.69) is 61.5 Å². The zero-order valence-electron chi connectivity index (χ0n) is 16.2. The molecule has 0 spiro atoms. The normalized spacial score (nSPS) is 10.8. The maximum absolute atomic E-state index is 11.3. The molecule has 1 atom stereocenters. The Labute approximate surface area is 158 Å². The highest BCUT2D eigenvalue weighted by atomic mass is 32.2. The van der Waals surface area contributed by atoms with Gasteiger partial charge in [-0.05, 0) is 48.5 Å². The van der Waals surface area contributed by atoms with E-state index in [0.717, 1.165) is 6.42 Å². The van der Waals surface area contributed by atoms with E-state index in [1.807, 2.05) is 19.4 Å². The third-order valence-electron chi connectivity index (χ3n) is 3.60. The Hall–Kier alpha value is -1.32. The third-order valence-corrected chi connectivity index (χ3v) is 3.60. The standard InChI is InChI=1S/C16H18.C4H10FN.C2H6S/c1-2-3-7-14-10-12-16(13-11-14)15-8-5-4-6-9-15;1-2-4(6)3-5;1-3-2/h4-6,8-13H,2-3,7H2,1H3;4H,2-3,6H2,1H3;1-2H3. The van der Waals surface area contributed by atoms with Gasteiger partial charge in [-0.3, -0.25) is 0 Å². The molecule has 0 fully saturated rings. The number of alkyl halides is 1. The van der Waals surface area contributed by atoms with Crippen molar-refractivity contribution >= 4 is 11.8 Å². The quantitative estimate of drug-likeness (QED) is 0.645. The Bertz CT molecular complexity index is 509. The molecule has 25 heavy (non-hydrogen) atoms. The van der Waals surface area contributed by atoms with E-state index in [-0.39, 0.29) is 6.04 Å². The molecule has 140 valence electrons. The largest absolute Gasteiger partial charge is 0.325 e. The minimum absolute atomic E-state index is 0.231. The maximum Gasteiger partial charge on any atom is 0.104 e. The summed E-state index contributed by atoms with van der Waals surface area (Å²) in [6.45, 7) is 3.71. The molecule has 0 aliphatic heterocycles. The van der Waals surface area contributed by atoms with Gasteiger partial charge in [-0.15, -0.1) is 0 Å². The van der Waals surface area contributed by atoms with Crippen molar-refractivity contribution in [2.45, 2.75) is 45.6 Å². The van der Waals surface area contributed by atoms with Crippen molar-refractivity contribution in [1.82, 2.24) is 0 Å². The first-order valence-corrected chi connectivity index (χ1v) is 10.6. The fourth-order valence-corrected chi connectivity index (χ4v) is 1.98. The summed E-state index contributed by atoms with van der Waals surface area (Å²) in [7, 11) is 0. The van der Waals surface area contributed by atoms with Crippen LogP contribution in [0.1, 0.15) is 38.7 Å². The number of unbranched alkanes of at least 4 members (excludes halogenated alkanes) is 1. The van der Waals surface area contributed by atoms with Crippen LogP contribution in [0.15, 0.2) is 54.6 Å². The van der Waals surface area contributed by atoms with Gasteiger partial charge in [0.1, 0.15) is 6.67 Å². The van der Waals surface area contributed by atoms with Crippen LogP contribution in [0.25, 0.3) is 11.1 Å². The van der Waals surface area contributed by atoms with E-state index >= 15 is 0 Å². The highest BCUT2D eigenvalue weighted by molar-refractivity contribution is 7.97. The zero-order valence-corrected chi connectivity index (χ0v) is 17.0. The van der Waals surface area contributed by atoms with Crippen molar-refractivity contribution in [2.24, 2.45) is 5.73 Å². The fraction of sp³-hybridized carbons (Fsp3) is 0.455. The number of rotatable bonds is 6. The Morgan fingerprint density at radius 1 is 0.920 bits per heavy atom. The van der Waals surface area contributed by atoms with Gasteiger partial charge in [-0.25, -0.2) is 4.39 Å². The molecular weight excluding hydrogens is 329 g/mol. The van der Waals surface area contributed by atoms with E-state index < -0.39 is 6.67 Å². The van der Waals surface area contributed by atoms with Crippen LogP contribution in [0.5, 0.6) is 0 Å². The summed E-state index contributed by atoms with van der Waals surface area (Å²) < 4.78 is 11.3. The summed E-state index contributed by atoms with van der Waals surface area (Å²) in [5.41, 5.74) is 9.15. The van der Waals surface area contributed by atoms with Crippen LogP contribution < -0.4 is 5.73 Å². The van der Waals surface area contributed by atoms with Gasteiger partial charge in [0.2, 0.25) is 0 Å². The summed E-state index contributed by atoms with van der Waals surface area (Å²) in [4.78, 5) is 0. The predicted molar refractivity (Wildman–Crippen MR) is 114 cm³/mol. The molecule has 0 amide bonds. The van der Waals surface area contributed by atoms with Gasteiger partial charge in [0, 0.05) is 6.04 Å². The molecule has 3 heteroatoms. The second-order valence-electron chi connectivity index (χ2n) is 5.90. The molecule has 0 aromatic heterocycles. The van der Waals surface area contributed by atoms with Crippen molar-refractivity contribution in [1.29, 1.82) is 0 Å². The number of hydrogen-bond acceptors (Lipinski definition) is 2. The molecule has 0 aliphatic carbocycles. The number of benzene rings is 2. The molecule has 0 heterocycles. The van der Waals surface area contributed by atoms with Gasteiger partial charge in [0.25, 0.3) is 0 Å². The maximum atomic E-state index is 11.3. The van der Waals surface area contributed by atoms with Gasteiger partial charge in [0.15, 0.2) is 0 Å². The second-order valence-corrected chi connectivity index (χ2v) is 6.71. The van der Waals surface area contributed by atoms with Crippen molar-refractivity contribution < 1.29 is 4.39 Å². The Balaban J connectivity index is 0.000000538. The van der Waals surface area contributed by atoms with Crippen LogP contribution in [-0.4, -0.2) is 25.2 Å². The van der Waals surface area contributed by atoms with Gasteiger partial charge in [-0.1, -0.05) is 74.9 Å². The highest BCUT2D eigenvalue weighted by Crippen LogP contribution is 2.19. The molecular formula is C22H34FNS. The molecule has 0 radical (unpaired) electrons. The summed E-state index contributed by atoms with van der Waals surface area (Å²) in [5.74, 6) is 0. The number of aryl methyl sites for hydroxylation is 1. The lowest BCUT2D eigenvalue weighted by molar-refractivity contribution is 0.422. The molecule has 1 nitrogen and oxygen atoms in total. The molecule has 0 saturated carbocycles. The highest BCUT2D eigenvalue weighted by Gasteiger charge is 1.97. The number of hydrogen-bond donors (Lipinski definition) is 1. The molecule has 2 N–H and O–H groups in total. The first kappa shape index (κ1) is 23.7. The predicted octanol–water partition coefficient (Wildman–Crippen LogP) is 6.37. The number of halogens is 1. The summed E-state index contributed by atoms with van der Waals surface area (Å²) in [6, 6.07) is 19.2. The van der Waals surface area contributed by atoms with E-state index in [0.29, 0.717) is 0 Å². The Morgan fingerprint density at radius 2 is 1.44 bits per heavy atom. The molecule has 0 bridgehead atoms. The third kappa shape index (κ3) is 11.8. The van der Waals surface area contributed by atoms with Crippen LogP contribution >= 0.6 is 11.8 Å². The molecule has 2 aromatic carbocycles. The topological polar surface area (TPSA) is 26.0 Å². The SMILES string of the molecule is CCC(N)CF.CCCCc1ccc(-c2ccccc2)cc1.CSC. The minimum Gasteiger partial charge on any atom is -0.325 e. The molecule has 0 saturated heterocycles. The van der Waals surface area contributed by atoms with Gasteiger partial charge in [-0.2, -0.15) is 11.8 Å². The van der Waals surface area contributed by atoms with Crippen LogP contribution in [-0.2, 0) is 6.42 Å². The fourth-order valence-electron chi connectivity index (χ4n) is 1.98.